The number of carbonyl (C=O) groups is 1. The van der Waals surface area contributed by atoms with Gasteiger partial charge in [0.25, 0.3) is 0 Å². The number of benzene rings is 1. The highest BCUT2D eigenvalue weighted by Crippen LogP contribution is 2.24. The molecule has 0 aliphatic heterocycles. The van der Waals surface area contributed by atoms with Crippen molar-refractivity contribution in [3.63, 3.8) is 0 Å². The molecule has 0 saturated heterocycles. The van der Waals surface area contributed by atoms with Gasteiger partial charge in [-0.1, -0.05) is 51.3 Å². The molecule has 23 heavy (non-hydrogen) atoms. The molecule has 0 aliphatic carbocycles. The number of ketones is 1. The van der Waals surface area contributed by atoms with Crippen LogP contribution in [0, 0.1) is 17.3 Å². The minimum absolute atomic E-state index is 0.141. The lowest BCUT2D eigenvalue weighted by molar-refractivity contribution is 0.105. The average molecular weight is 310 g/mol. The van der Waals surface area contributed by atoms with Crippen molar-refractivity contribution in [1.82, 2.24) is 0 Å². The normalized spacial score (nSPS) is 12.4. The van der Waals surface area contributed by atoms with E-state index in [1.54, 1.807) is 31.4 Å². The van der Waals surface area contributed by atoms with Gasteiger partial charge >= 0.3 is 0 Å². The lowest BCUT2D eigenvalue weighted by Gasteiger charge is -2.18. The van der Waals surface area contributed by atoms with Gasteiger partial charge in [-0.15, -0.1) is 0 Å². The summed E-state index contributed by atoms with van der Waals surface area (Å²) in [5.41, 5.74) is 2.96. The number of Topliss-reactive ketones (excluding diaryl/α,β-unsaturated/α-hetero) is 1. The Morgan fingerprint density at radius 3 is 2.22 bits per heavy atom. The summed E-state index contributed by atoms with van der Waals surface area (Å²) in [4.78, 5) is 12.1. The highest BCUT2D eigenvalue weighted by Gasteiger charge is 2.11. The maximum atomic E-state index is 12.1. The summed E-state index contributed by atoms with van der Waals surface area (Å²) in [6, 6.07) is 6.99. The van der Waals surface area contributed by atoms with Crippen molar-refractivity contribution in [3.8, 4) is 17.6 Å². The number of hydrogen-bond donors (Lipinski definition) is 0. The van der Waals surface area contributed by atoms with Gasteiger partial charge in [0.1, 0.15) is 5.75 Å². The first-order chi connectivity index (χ1) is 10.8. The molecule has 2 nitrogen and oxygen atoms in total. The van der Waals surface area contributed by atoms with Crippen LogP contribution in [0.2, 0.25) is 0 Å². The van der Waals surface area contributed by atoms with Gasteiger partial charge < -0.3 is 4.74 Å². The fraction of sp³-hybridized carbons (Fsp3) is 0.381. The van der Waals surface area contributed by atoms with E-state index < -0.39 is 0 Å². The Kier molecular flexibility index (Phi) is 6.85. The average Bonchev–Trinajstić information content (AvgIpc) is 2.53. The van der Waals surface area contributed by atoms with E-state index in [-0.39, 0.29) is 11.2 Å². The first-order valence-electron chi connectivity index (χ1n) is 7.86. The summed E-state index contributed by atoms with van der Waals surface area (Å²) in [6.45, 7) is 10.7. The van der Waals surface area contributed by atoms with Crippen LogP contribution in [-0.2, 0) is 0 Å². The summed E-state index contributed by atoms with van der Waals surface area (Å²) < 4.78 is 5.08. The van der Waals surface area contributed by atoms with Crippen molar-refractivity contribution in [2.75, 3.05) is 7.11 Å². The molecule has 0 saturated carbocycles. The Morgan fingerprint density at radius 2 is 1.74 bits per heavy atom. The number of methoxy groups -OCH3 is 1. The summed E-state index contributed by atoms with van der Waals surface area (Å²) in [5, 5.41) is 0. The summed E-state index contributed by atoms with van der Waals surface area (Å²) in [6.07, 6.45) is 4.90. The Morgan fingerprint density at radius 1 is 1.13 bits per heavy atom. The number of hydrogen-bond acceptors (Lipinski definition) is 2. The van der Waals surface area contributed by atoms with E-state index in [1.165, 1.54) is 5.57 Å². The molecule has 0 fully saturated rings. The van der Waals surface area contributed by atoms with Gasteiger partial charge in [0.05, 0.1) is 7.11 Å². The van der Waals surface area contributed by atoms with Crippen LogP contribution in [0.5, 0.6) is 5.75 Å². The van der Waals surface area contributed by atoms with E-state index >= 15 is 0 Å². The second kappa shape index (κ2) is 8.39. The first-order valence-corrected chi connectivity index (χ1v) is 7.86. The van der Waals surface area contributed by atoms with Crippen LogP contribution < -0.4 is 4.74 Å². The molecule has 1 aromatic rings. The Hall–Kier alpha value is -2.27. The molecule has 0 heterocycles. The predicted octanol–water partition coefficient (Wildman–Crippen LogP) is 5.21. The second-order valence-corrected chi connectivity index (χ2v) is 6.45. The maximum absolute atomic E-state index is 12.1. The minimum atomic E-state index is -0.177. The molecule has 1 aromatic carbocycles. The van der Waals surface area contributed by atoms with Gasteiger partial charge in [-0.2, -0.15) is 0 Å². The van der Waals surface area contributed by atoms with Gasteiger partial charge in [0.15, 0.2) is 0 Å². The Bertz CT molecular complexity index is 657. The van der Waals surface area contributed by atoms with Crippen molar-refractivity contribution in [1.29, 1.82) is 0 Å². The zero-order valence-corrected chi connectivity index (χ0v) is 15.0. The minimum Gasteiger partial charge on any atom is -0.497 e. The van der Waals surface area contributed by atoms with E-state index in [1.807, 2.05) is 13.0 Å². The Labute approximate surface area is 140 Å². The van der Waals surface area contributed by atoms with Crippen LogP contribution >= 0.6 is 0 Å². The van der Waals surface area contributed by atoms with Crippen molar-refractivity contribution in [3.05, 3.63) is 53.1 Å². The highest BCUT2D eigenvalue weighted by molar-refractivity contribution is 6.09. The Balaban J connectivity index is 2.91. The van der Waals surface area contributed by atoms with Crippen LogP contribution in [-0.4, -0.2) is 12.9 Å². The lowest BCUT2D eigenvalue weighted by atomic mass is 9.87. The molecule has 0 bridgehead atoms. The molecule has 0 radical (unpaired) electrons. The molecule has 122 valence electrons. The van der Waals surface area contributed by atoms with Gasteiger partial charge in [-0.25, -0.2) is 0 Å². The smallest absolute Gasteiger partial charge is 0.236 e. The van der Waals surface area contributed by atoms with E-state index in [0.29, 0.717) is 5.56 Å². The molecule has 0 unspecified atom stereocenters. The fourth-order valence-corrected chi connectivity index (χ4v) is 1.68. The standard InChI is InChI=1S/C21H26O2/c1-7-17(9-8-16(2)21(3,4)5)10-15-20(22)18-11-13-19(23-6)14-12-18/h8-9,11-14H,7H2,1-6H3. The molecule has 1 rings (SSSR count). The molecular formula is C21H26O2. The molecule has 0 atom stereocenters. The second-order valence-electron chi connectivity index (χ2n) is 6.45. The van der Waals surface area contributed by atoms with Gasteiger partial charge in [0.2, 0.25) is 5.78 Å². The van der Waals surface area contributed by atoms with Crippen LogP contribution in [0.15, 0.2) is 47.6 Å². The topological polar surface area (TPSA) is 26.3 Å². The van der Waals surface area contributed by atoms with Gasteiger partial charge in [-0.05, 0) is 48.9 Å². The summed E-state index contributed by atoms with van der Waals surface area (Å²) in [5.74, 6) is 6.26. The van der Waals surface area contributed by atoms with E-state index in [0.717, 1.165) is 17.7 Å². The third-order valence-corrected chi connectivity index (χ3v) is 3.79. The van der Waals surface area contributed by atoms with Crippen LogP contribution in [0.1, 0.15) is 51.4 Å². The number of ether oxygens (including phenoxy) is 1. The quantitative estimate of drug-likeness (QED) is 0.330. The van der Waals surface area contributed by atoms with Crippen LogP contribution in [0.3, 0.4) is 0 Å². The molecular weight excluding hydrogens is 284 g/mol. The monoisotopic (exact) mass is 310 g/mol. The molecule has 0 aliphatic rings. The molecule has 0 spiro atoms. The van der Waals surface area contributed by atoms with E-state index in [9.17, 15) is 4.79 Å². The van der Waals surface area contributed by atoms with Crippen molar-refractivity contribution < 1.29 is 9.53 Å². The third kappa shape index (κ3) is 6.16. The number of allylic oxidation sites excluding steroid dienone is 4. The number of rotatable bonds is 4. The van der Waals surface area contributed by atoms with Gasteiger partial charge in [-0.3, -0.25) is 4.79 Å². The zero-order chi connectivity index (χ0) is 17.5. The van der Waals surface area contributed by atoms with E-state index in [4.69, 9.17) is 4.74 Å². The first kappa shape index (κ1) is 18.8. The van der Waals surface area contributed by atoms with Gasteiger partial charge in [0, 0.05) is 11.1 Å². The maximum Gasteiger partial charge on any atom is 0.236 e. The van der Waals surface area contributed by atoms with Crippen molar-refractivity contribution in [2.45, 2.75) is 41.0 Å². The molecule has 0 aromatic heterocycles. The summed E-state index contributed by atoms with van der Waals surface area (Å²) in [7, 11) is 1.60. The van der Waals surface area contributed by atoms with Crippen LogP contribution in [0.4, 0.5) is 0 Å². The largest absolute Gasteiger partial charge is 0.497 e. The van der Waals surface area contributed by atoms with Crippen molar-refractivity contribution in [2.24, 2.45) is 5.41 Å². The zero-order valence-electron chi connectivity index (χ0n) is 15.0. The van der Waals surface area contributed by atoms with E-state index in [2.05, 4.69) is 45.6 Å². The third-order valence-electron chi connectivity index (χ3n) is 3.79. The molecule has 2 heteroatoms. The number of carbonyl (C=O) groups excluding carboxylic acids is 1. The molecule has 0 N–H and O–H groups in total. The van der Waals surface area contributed by atoms with Crippen LogP contribution in [0.25, 0.3) is 0 Å². The summed E-state index contributed by atoms with van der Waals surface area (Å²) >= 11 is 0. The molecule has 0 amide bonds. The SMILES string of the molecule is CCC(C#CC(=O)c1ccc(OC)cc1)=CC=C(C)C(C)(C)C. The highest BCUT2D eigenvalue weighted by atomic mass is 16.5. The van der Waals surface area contributed by atoms with Crippen molar-refractivity contribution >= 4 is 5.78 Å². The predicted molar refractivity (Wildman–Crippen MR) is 96.7 cm³/mol. The fourth-order valence-electron chi connectivity index (χ4n) is 1.68. The lowest BCUT2D eigenvalue weighted by Crippen LogP contribution is -2.05.